The Bertz CT molecular complexity index is 663. The number of alkyl halides is 3. The molecule has 1 aromatic carbocycles. The molecule has 0 saturated carbocycles. The number of hydrogen-bond acceptors (Lipinski definition) is 3. The van der Waals surface area contributed by atoms with Crippen LogP contribution >= 0.6 is 0 Å². The summed E-state index contributed by atoms with van der Waals surface area (Å²) in [5.74, 6) is 0. The van der Waals surface area contributed by atoms with Crippen molar-refractivity contribution < 1.29 is 18.3 Å². The van der Waals surface area contributed by atoms with Crippen molar-refractivity contribution >= 4 is 5.69 Å². The number of rotatable bonds is 7. The zero-order chi connectivity index (χ0) is 17.7. The normalized spacial score (nSPS) is 11.8. The molecule has 0 aliphatic heterocycles. The fourth-order valence-corrected chi connectivity index (χ4v) is 2.57. The molecule has 0 saturated heterocycles. The van der Waals surface area contributed by atoms with Crippen LogP contribution in [0.15, 0.2) is 24.3 Å². The Kier molecular flexibility index (Phi) is 5.88. The van der Waals surface area contributed by atoms with Gasteiger partial charge in [-0.15, -0.1) is 0 Å². The minimum atomic E-state index is -4.12. The van der Waals surface area contributed by atoms with Crippen molar-refractivity contribution in [3.8, 4) is 0 Å². The third kappa shape index (κ3) is 4.99. The molecule has 2 aromatic rings. The van der Waals surface area contributed by atoms with Crippen LogP contribution in [0.4, 0.5) is 18.9 Å². The summed E-state index contributed by atoms with van der Waals surface area (Å²) in [6.45, 7) is 4.94. The van der Waals surface area contributed by atoms with Gasteiger partial charge in [-0.05, 0) is 38.0 Å². The van der Waals surface area contributed by atoms with Crippen LogP contribution in [-0.4, -0.2) is 27.7 Å². The largest absolute Gasteiger partial charge is 0.394 e. The van der Waals surface area contributed by atoms with Gasteiger partial charge in [0.25, 0.3) is 0 Å². The summed E-state index contributed by atoms with van der Waals surface area (Å²) < 4.78 is 38.4. The third-order valence-electron chi connectivity index (χ3n) is 3.96. The summed E-state index contributed by atoms with van der Waals surface area (Å²) in [6, 6.07) is 7.00. The van der Waals surface area contributed by atoms with E-state index in [9.17, 15) is 13.2 Å². The van der Waals surface area contributed by atoms with Crippen molar-refractivity contribution in [2.24, 2.45) is 0 Å². The molecule has 0 radical (unpaired) electrons. The Balaban J connectivity index is 1.95. The van der Waals surface area contributed by atoms with Gasteiger partial charge in [0.15, 0.2) is 0 Å². The number of halogens is 3. The highest BCUT2D eigenvalue weighted by atomic mass is 19.4. The van der Waals surface area contributed by atoms with E-state index in [4.69, 9.17) is 5.11 Å². The van der Waals surface area contributed by atoms with E-state index in [1.165, 1.54) is 0 Å². The highest BCUT2D eigenvalue weighted by molar-refractivity contribution is 5.45. The number of benzene rings is 1. The minimum Gasteiger partial charge on any atom is -0.394 e. The molecule has 1 aromatic heterocycles. The summed E-state index contributed by atoms with van der Waals surface area (Å²) in [7, 11) is 0. The van der Waals surface area contributed by atoms with E-state index in [-0.39, 0.29) is 13.0 Å². The predicted molar refractivity (Wildman–Crippen MR) is 86.9 cm³/mol. The molecular formula is C17H22F3N3O. The maximum atomic E-state index is 12.2. The standard InChI is InChI=1S/C17H22F3N3O/c1-12-16(13(2)23(22-12)9-10-24)11-21-15-5-3-14(4-6-15)7-8-17(18,19)20/h3-6,21,24H,7-11H2,1-2H3. The molecule has 1 heterocycles. The van der Waals surface area contributed by atoms with Gasteiger partial charge in [-0.3, -0.25) is 4.68 Å². The zero-order valence-electron chi connectivity index (χ0n) is 13.8. The number of nitrogens with one attached hydrogen (secondary N) is 1. The number of hydrogen-bond donors (Lipinski definition) is 2. The molecule has 0 amide bonds. The lowest BCUT2D eigenvalue weighted by Crippen LogP contribution is -2.08. The second kappa shape index (κ2) is 7.70. The first-order valence-corrected chi connectivity index (χ1v) is 7.83. The number of aromatic nitrogens is 2. The van der Waals surface area contributed by atoms with Gasteiger partial charge in [-0.2, -0.15) is 18.3 Å². The minimum absolute atomic E-state index is 0.00404. The van der Waals surface area contributed by atoms with Gasteiger partial charge in [0.2, 0.25) is 0 Å². The molecular weight excluding hydrogens is 319 g/mol. The van der Waals surface area contributed by atoms with E-state index in [0.29, 0.717) is 18.7 Å². The topological polar surface area (TPSA) is 50.1 Å². The van der Waals surface area contributed by atoms with Crippen LogP contribution in [-0.2, 0) is 19.5 Å². The number of nitrogens with zero attached hydrogens (tertiary/aromatic N) is 2. The Morgan fingerprint density at radius 3 is 2.42 bits per heavy atom. The molecule has 2 N–H and O–H groups in total. The Hall–Kier alpha value is -2.02. The molecule has 0 fully saturated rings. The quantitative estimate of drug-likeness (QED) is 0.809. The second-order valence-electron chi connectivity index (χ2n) is 5.76. The number of aliphatic hydroxyl groups is 1. The summed E-state index contributed by atoms with van der Waals surface area (Å²) in [4.78, 5) is 0. The molecule has 132 valence electrons. The Morgan fingerprint density at radius 2 is 1.83 bits per heavy atom. The van der Waals surface area contributed by atoms with E-state index >= 15 is 0 Å². The van der Waals surface area contributed by atoms with Crippen LogP contribution < -0.4 is 5.32 Å². The third-order valence-corrected chi connectivity index (χ3v) is 3.96. The molecule has 4 nitrogen and oxygen atoms in total. The number of anilines is 1. The lowest BCUT2D eigenvalue weighted by Gasteiger charge is -2.09. The highest BCUT2D eigenvalue weighted by Crippen LogP contribution is 2.23. The maximum absolute atomic E-state index is 12.2. The Morgan fingerprint density at radius 1 is 1.17 bits per heavy atom. The average Bonchev–Trinajstić information content (AvgIpc) is 2.78. The van der Waals surface area contributed by atoms with Crippen LogP contribution in [0.1, 0.15) is 28.9 Å². The van der Waals surface area contributed by atoms with Crippen molar-refractivity contribution in [1.82, 2.24) is 9.78 Å². The number of aryl methyl sites for hydroxylation is 2. The molecule has 0 spiro atoms. The molecule has 2 rings (SSSR count). The first-order chi connectivity index (χ1) is 11.3. The summed E-state index contributed by atoms with van der Waals surface area (Å²) >= 11 is 0. The average molecular weight is 341 g/mol. The number of aliphatic hydroxyl groups excluding tert-OH is 1. The molecule has 0 bridgehead atoms. The van der Waals surface area contributed by atoms with Gasteiger partial charge >= 0.3 is 6.18 Å². The molecule has 0 aliphatic carbocycles. The van der Waals surface area contributed by atoms with E-state index in [1.54, 1.807) is 28.9 Å². The summed E-state index contributed by atoms with van der Waals surface area (Å²) in [5.41, 5.74) is 4.47. The molecule has 0 atom stereocenters. The van der Waals surface area contributed by atoms with E-state index in [0.717, 1.165) is 22.6 Å². The Labute approximate surface area is 139 Å². The summed E-state index contributed by atoms with van der Waals surface area (Å²) in [6.07, 6.45) is -4.93. The van der Waals surface area contributed by atoms with Crippen LogP contribution in [0.5, 0.6) is 0 Å². The monoisotopic (exact) mass is 341 g/mol. The first kappa shape index (κ1) is 18.3. The SMILES string of the molecule is Cc1nn(CCO)c(C)c1CNc1ccc(CCC(F)(F)F)cc1. The van der Waals surface area contributed by atoms with E-state index in [1.807, 2.05) is 13.8 Å². The van der Waals surface area contributed by atoms with E-state index < -0.39 is 12.6 Å². The molecule has 0 unspecified atom stereocenters. The van der Waals surface area contributed by atoms with Gasteiger partial charge < -0.3 is 10.4 Å². The van der Waals surface area contributed by atoms with Crippen molar-refractivity contribution in [2.75, 3.05) is 11.9 Å². The molecule has 7 heteroatoms. The molecule has 0 aliphatic rings. The van der Waals surface area contributed by atoms with Crippen LogP contribution in [0.3, 0.4) is 0 Å². The van der Waals surface area contributed by atoms with Crippen molar-refractivity contribution in [2.45, 2.75) is 46.0 Å². The zero-order valence-corrected chi connectivity index (χ0v) is 13.8. The fourth-order valence-electron chi connectivity index (χ4n) is 2.57. The fraction of sp³-hybridized carbons (Fsp3) is 0.471. The van der Waals surface area contributed by atoms with Gasteiger partial charge in [0.1, 0.15) is 0 Å². The van der Waals surface area contributed by atoms with Crippen LogP contribution in [0.2, 0.25) is 0 Å². The second-order valence-corrected chi connectivity index (χ2v) is 5.76. The lowest BCUT2D eigenvalue weighted by atomic mass is 10.1. The lowest BCUT2D eigenvalue weighted by molar-refractivity contribution is -0.133. The van der Waals surface area contributed by atoms with Gasteiger partial charge in [-0.25, -0.2) is 0 Å². The van der Waals surface area contributed by atoms with Crippen LogP contribution in [0.25, 0.3) is 0 Å². The van der Waals surface area contributed by atoms with Gasteiger partial charge in [-0.1, -0.05) is 12.1 Å². The predicted octanol–water partition coefficient (Wildman–Crippen LogP) is 3.60. The maximum Gasteiger partial charge on any atom is 0.389 e. The summed E-state index contributed by atoms with van der Waals surface area (Å²) in [5, 5.41) is 16.7. The van der Waals surface area contributed by atoms with Gasteiger partial charge in [0.05, 0.1) is 18.8 Å². The molecule has 24 heavy (non-hydrogen) atoms. The first-order valence-electron chi connectivity index (χ1n) is 7.83. The van der Waals surface area contributed by atoms with Crippen molar-refractivity contribution in [3.05, 3.63) is 46.8 Å². The smallest absolute Gasteiger partial charge is 0.389 e. The highest BCUT2D eigenvalue weighted by Gasteiger charge is 2.26. The van der Waals surface area contributed by atoms with Gasteiger partial charge in [0, 0.05) is 29.9 Å². The van der Waals surface area contributed by atoms with Crippen LogP contribution in [0, 0.1) is 13.8 Å². The van der Waals surface area contributed by atoms with Crippen molar-refractivity contribution in [1.29, 1.82) is 0 Å². The van der Waals surface area contributed by atoms with Crippen molar-refractivity contribution in [3.63, 3.8) is 0 Å². The van der Waals surface area contributed by atoms with E-state index in [2.05, 4.69) is 10.4 Å².